The van der Waals surface area contributed by atoms with Crippen LogP contribution in [0.5, 0.6) is 5.75 Å². The minimum atomic E-state index is -0.130. The summed E-state index contributed by atoms with van der Waals surface area (Å²) in [7, 11) is 1.65. The van der Waals surface area contributed by atoms with E-state index in [4.69, 9.17) is 10.1 Å². The lowest BCUT2D eigenvalue weighted by Gasteiger charge is -2.30. The van der Waals surface area contributed by atoms with E-state index in [2.05, 4.69) is 15.6 Å². The largest absolute Gasteiger partial charge is 0.497 e. The third-order valence-electron chi connectivity index (χ3n) is 5.39. The number of amides is 2. The number of fused-ring (bicyclic) bond motifs is 1. The van der Waals surface area contributed by atoms with Crippen molar-refractivity contribution < 1.29 is 9.53 Å². The lowest BCUT2D eigenvalue weighted by atomic mass is 9.97. The van der Waals surface area contributed by atoms with Crippen LogP contribution in [-0.4, -0.2) is 35.8 Å². The third kappa shape index (κ3) is 5.88. The maximum Gasteiger partial charge on any atom is 0.322 e. The average Bonchev–Trinajstić information content (AvgIpc) is 2.88. The quantitative estimate of drug-likeness (QED) is 0.448. The van der Waals surface area contributed by atoms with Gasteiger partial charge in [-0.25, -0.2) is 9.78 Å². The number of benzene rings is 2. The number of nitrogens with zero attached hydrogens (tertiary/aromatic N) is 2. The van der Waals surface area contributed by atoms with Crippen LogP contribution in [0.4, 0.5) is 16.3 Å². The molecule has 0 atom stereocenters. The molecule has 7 heteroatoms. The van der Waals surface area contributed by atoms with Gasteiger partial charge < -0.3 is 25.7 Å². The highest BCUT2D eigenvalue weighted by atomic mass is 16.5. The van der Waals surface area contributed by atoms with Gasteiger partial charge in [0, 0.05) is 43.3 Å². The van der Waals surface area contributed by atoms with Crippen LogP contribution in [0.3, 0.4) is 0 Å². The van der Waals surface area contributed by atoms with E-state index in [9.17, 15) is 4.79 Å². The number of hydrogen-bond acceptors (Lipinski definition) is 5. The number of ether oxygens (including phenoxy) is 1. The topological polar surface area (TPSA) is 90.3 Å². The van der Waals surface area contributed by atoms with Gasteiger partial charge in [-0.3, -0.25) is 0 Å². The van der Waals surface area contributed by atoms with Crippen LogP contribution in [0.2, 0.25) is 0 Å². The van der Waals surface area contributed by atoms with Crippen molar-refractivity contribution in [1.82, 2.24) is 9.88 Å². The van der Waals surface area contributed by atoms with Crippen LogP contribution in [0.25, 0.3) is 0 Å². The number of urea groups is 1. The second-order valence-corrected chi connectivity index (χ2v) is 7.34. The molecular weight excluding hydrogens is 414 g/mol. The van der Waals surface area contributed by atoms with Gasteiger partial charge >= 0.3 is 6.03 Å². The predicted molar refractivity (Wildman–Crippen MR) is 133 cm³/mol. The van der Waals surface area contributed by atoms with Crippen molar-refractivity contribution in [2.24, 2.45) is 0 Å². The fourth-order valence-corrected chi connectivity index (χ4v) is 3.69. The monoisotopic (exact) mass is 445 g/mol. The molecule has 1 aromatic heterocycles. The summed E-state index contributed by atoms with van der Waals surface area (Å²) in [5.41, 5.74) is 4.71. The van der Waals surface area contributed by atoms with Gasteiger partial charge in [0.1, 0.15) is 11.6 Å². The predicted octanol–water partition coefficient (Wildman–Crippen LogP) is 5.32. The number of carbonyl (C=O) groups excluding carboxylic acids is 1. The highest BCUT2D eigenvalue weighted by molar-refractivity contribution is 5.90. The number of nitrogens with one attached hydrogen (secondary N) is 3. The Balaban J connectivity index is 0.00000149. The first-order valence-electron chi connectivity index (χ1n) is 11.2. The van der Waals surface area contributed by atoms with Gasteiger partial charge in [0.25, 0.3) is 0 Å². The molecule has 0 saturated heterocycles. The number of carbonyl (C=O) groups is 1. The highest BCUT2D eigenvalue weighted by Gasteiger charge is 2.24. The van der Waals surface area contributed by atoms with Crippen LogP contribution in [-0.2, 0) is 19.5 Å². The molecule has 1 aliphatic rings. The number of methoxy groups -OCH3 is 1. The third-order valence-corrected chi connectivity index (χ3v) is 5.39. The molecule has 0 spiro atoms. The van der Waals surface area contributed by atoms with Crippen LogP contribution in [0.1, 0.15) is 36.1 Å². The van der Waals surface area contributed by atoms with E-state index < -0.39 is 0 Å². The van der Waals surface area contributed by atoms with Gasteiger partial charge in [-0.15, -0.1) is 0 Å². The first kappa shape index (κ1) is 23.8. The lowest BCUT2D eigenvalue weighted by molar-refractivity contribution is 0.206. The molecule has 1 aliphatic heterocycles. The standard InChI is InChI=1S/C24H25N5O2.C2H6/c1-31-20-9-7-17(8-10-20)14-26-23-22(13-25)21-11-12-29(16-18(21)15-27-23)24(30)28-19-5-3-2-4-6-19;1-2/h2-10,13,15,25H,11-12,14,16H2,1H3,(H,26,27)(H,28,30);1-2H3. The zero-order chi connectivity index (χ0) is 23.6. The number of rotatable bonds is 6. The van der Waals surface area contributed by atoms with Crippen LogP contribution in [0.15, 0.2) is 60.8 Å². The zero-order valence-electron chi connectivity index (χ0n) is 19.4. The molecule has 3 aromatic rings. The summed E-state index contributed by atoms with van der Waals surface area (Å²) in [6.45, 7) is 5.66. The van der Waals surface area contributed by atoms with Crippen molar-refractivity contribution in [3.8, 4) is 5.75 Å². The normalized spacial score (nSPS) is 12.0. The number of pyridine rings is 1. The van der Waals surface area contributed by atoms with E-state index in [0.29, 0.717) is 31.9 Å². The zero-order valence-corrected chi connectivity index (χ0v) is 19.4. The van der Waals surface area contributed by atoms with Crippen molar-refractivity contribution in [3.05, 3.63) is 83.0 Å². The maximum atomic E-state index is 12.6. The van der Waals surface area contributed by atoms with Gasteiger partial charge in [-0.1, -0.05) is 44.2 Å². The number of anilines is 2. The molecule has 33 heavy (non-hydrogen) atoms. The second-order valence-electron chi connectivity index (χ2n) is 7.34. The number of hydrogen-bond donors (Lipinski definition) is 3. The average molecular weight is 446 g/mol. The summed E-state index contributed by atoms with van der Waals surface area (Å²) in [5, 5.41) is 14.2. The Kier molecular flexibility index (Phi) is 8.41. The van der Waals surface area contributed by atoms with E-state index in [1.54, 1.807) is 18.2 Å². The number of para-hydroxylation sites is 1. The fourth-order valence-electron chi connectivity index (χ4n) is 3.69. The van der Waals surface area contributed by atoms with E-state index in [1.165, 1.54) is 6.21 Å². The van der Waals surface area contributed by atoms with E-state index in [-0.39, 0.29) is 6.03 Å². The Morgan fingerprint density at radius 2 is 1.88 bits per heavy atom. The summed E-state index contributed by atoms with van der Waals surface area (Å²) in [6, 6.07) is 17.1. The van der Waals surface area contributed by atoms with Crippen molar-refractivity contribution >= 4 is 23.8 Å². The van der Waals surface area contributed by atoms with Gasteiger partial charge in [0.05, 0.1) is 7.11 Å². The molecule has 2 aromatic carbocycles. The Morgan fingerprint density at radius 3 is 2.55 bits per heavy atom. The Labute approximate surface area is 195 Å². The summed E-state index contributed by atoms with van der Waals surface area (Å²) in [4.78, 5) is 18.9. The molecule has 172 valence electrons. The van der Waals surface area contributed by atoms with Crippen LogP contribution >= 0.6 is 0 Å². The van der Waals surface area contributed by atoms with E-state index >= 15 is 0 Å². The molecule has 7 nitrogen and oxygen atoms in total. The Hall–Kier alpha value is -3.87. The molecule has 2 amide bonds. The molecule has 0 saturated carbocycles. The summed E-state index contributed by atoms with van der Waals surface area (Å²) in [6.07, 6.45) is 3.84. The molecule has 0 bridgehead atoms. The van der Waals surface area contributed by atoms with Crippen LogP contribution < -0.4 is 15.4 Å². The number of aromatic nitrogens is 1. The molecule has 0 unspecified atom stereocenters. The minimum absolute atomic E-state index is 0.130. The molecule has 0 fully saturated rings. The SMILES string of the molecule is CC.COc1ccc(CNc2ncc3c(c2C=N)CCN(C(=O)Nc2ccccc2)C3)cc1. The summed E-state index contributed by atoms with van der Waals surface area (Å²) >= 11 is 0. The maximum absolute atomic E-state index is 12.6. The first-order valence-corrected chi connectivity index (χ1v) is 11.2. The van der Waals surface area contributed by atoms with E-state index in [0.717, 1.165) is 33.7 Å². The van der Waals surface area contributed by atoms with E-state index in [1.807, 2.05) is 68.4 Å². The Morgan fingerprint density at radius 1 is 1.15 bits per heavy atom. The molecule has 2 heterocycles. The Bertz CT molecular complexity index is 1070. The van der Waals surface area contributed by atoms with Gasteiger partial charge in [-0.05, 0) is 47.4 Å². The summed E-state index contributed by atoms with van der Waals surface area (Å²) < 4.78 is 5.19. The van der Waals surface area contributed by atoms with Gasteiger partial charge in [0.2, 0.25) is 0 Å². The second kappa shape index (κ2) is 11.7. The molecule has 0 aliphatic carbocycles. The molecular formula is C26H31N5O2. The highest BCUT2D eigenvalue weighted by Crippen LogP contribution is 2.26. The molecule has 3 N–H and O–H groups in total. The van der Waals surface area contributed by atoms with Crippen molar-refractivity contribution in [1.29, 1.82) is 5.41 Å². The smallest absolute Gasteiger partial charge is 0.322 e. The van der Waals surface area contributed by atoms with Gasteiger partial charge in [-0.2, -0.15) is 0 Å². The van der Waals surface area contributed by atoms with Crippen molar-refractivity contribution in [3.63, 3.8) is 0 Å². The lowest BCUT2D eigenvalue weighted by Crippen LogP contribution is -2.39. The van der Waals surface area contributed by atoms with Crippen LogP contribution in [0, 0.1) is 5.41 Å². The summed E-state index contributed by atoms with van der Waals surface area (Å²) in [5.74, 6) is 1.50. The van der Waals surface area contributed by atoms with Crippen molar-refractivity contribution in [2.45, 2.75) is 33.4 Å². The molecule has 0 radical (unpaired) electrons. The van der Waals surface area contributed by atoms with Gasteiger partial charge in [0.15, 0.2) is 0 Å². The molecule has 4 rings (SSSR count). The fraction of sp³-hybridized carbons (Fsp3) is 0.269. The van der Waals surface area contributed by atoms with Crippen molar-refractivity contribution in [2.75, 3.05) is 24.3 Å². The minimum Gasteiger partial charge on any atom is -0.497 e. The first-order chi connectivity index (χ1) is 16.2.